The summed E-state index contributed by atoms with van der Waals surface area (Å²) in [7, 11) is 5.07. The van der Waals surface area contributed by atoms with Crippen LogP contribution in [-0.2, 0) is 11.2 Å². The molecule has 0 radical (unpaired) electrons. The van der Waals surface area contributed by atoms with Crippen LogP contribution in [0.2, 0.25) is 0 Å². The predicted octanol–water partition coefficient (Wildman–Crippen LogP) is 3.00. The molecule has 0 bridgehead atoms. The van der Waals surface area contributed by atoms with Gasteiger partial charge in [0.05, 0.1) is 20.6 Å². The summed E-state index contributed by atoms with van der Waals surface area (Å²) in [5.74, 6) is 1.37. The molecule has 0 spiro atoms. The van der Waals surface area contributed by atoms with E-state index in [-0.39, 0.29) is 18.0 Å². The maximum absolute atomic E-state index is 12.9. The van der Waals surface area contributed by atoms with E-state index < -0.39 is 0 Å². The van der Waals surface area contributed by atoms with Gasteiger partial charge in [0.2, 0.25) is 5.91 Å². The molecule has 1 saturated heterocycles. The number of amides is 3. The average molecular weight is 484 g/mol. The first-order valence-electron chi connectivity index (χ1n) is 12.0. The molecule has 2 N–H and O–H groups in total. The number of carbonyl (C=O) groups is 2. The van der Waals surface area contributed by atoms with Gasteiger partial charge in [-0.1, -0.05) is 6.07 Å². The molecule has 0 atom stereocenters. The lowest BCUT2D eigenvalue weighted by Crippen LogP contribution is -2.47. The zero-order chi connectivity index (χ0) is 25.4. The fourth-order valence-electron chi connectivity index (χ4n) is 4.43. The van der Waals surface area contributed by atoms with Crippen molar-refractivity contribution in [1.82, 2.24) is 20.1 Å². The van der Waals surface area contributed by atoms with Crippen molar-refractivity contribution in [1.29, 1.82) is 0 Å². The molecule has 1 aromatic heterocycles. The summed E-state index contributed by atoms with van der Waals surface area (Å²) in [4.78, 5) is 33.6. The van der Waals surface area contributed by atoms with Crippen LogP contribution < -0.4 is 20.1 Å². The molecule has 1 aromatic carbocycles. The average Bonchev–Trinajstić information content (AvgIpc) is 2.83. The van der Waals surface area contributed by atoms with Crippen LogP contribution in [-0.4, -0.2) is 80.2 Å². The first kappa shape index (κ1) is 26.3. The number of rotatable bonds is 9. The van der Waals surface area contributed by atoms with Gasteiger partial charge in [-0.3, -0.25) is 9.78 Å². The number of pyridine rings is 1. The van der Waals surface area contributed by atoms with E-state index in [9.17, 15) is 9.59 Å². The number of aromatic nitrogens is 1. The molecule has 9 heteroatoms. The molecule has 35 heavy (non-hydrogen) atoms. The van der Waals surface area contributed by atoms with Gasteiger partial charge in [0.15, 0.2) is 11.5 Å². The molecule has 0 unspecified atom stereocenters. The minimum absolute atomic E-state index is 0.0931. The van der Waals surface area contributed by atoms with Crippen LogP contribution >= 0.6 is 0 Å². The Morgan fingerprint density at radius 1 is 1.06 bits per heavy atom. The van der Waals surface area contributed by atoms with Crippen LogP contribution in [0.25, 0.3) is 0 Å². The lowest BCUT2D eigenvalue weighted by Gasteiger charge is -2.36. The highest BCUT2D eigenvalue weighted by atomic mass is 16.5. The Bertz CT molecular complexity index is 1000. The number of methoxy groups -OCH3 is 2. The minimum atomic E-state index is -0.217. The molecule has 190 valence electrons. The third kappa shape index (κ3) is 7.58. The summed E-state index contributed by atoms with van der Waals surface area (Å²) in [6.45, 7) is 6.93. The van der Waals surface area contributed by atoms with Crippen molar-refractivity contribution in [3.8, 4) is 11.5 Å². The maximum atomic E-state index is 12.9. The second-order valence-electron chi connectivity index (χ2n) is 8.96. The molecule has 3 rings (SSSR count). The summed E-state index contributed by atoms with van der Waals surface area (Å²) in [5, 5.41) is 5.78. The van der Waals surface area contributed by atoms with Crippen LogP contribution in [0.15, 0.2) is 30.3 Å². The second-order valence-corrected chi connectivity index (χ2v) is 8.96. The zero-order valence-corrected chi connectivity index (χ0v) is 21.4. The Balaban J connectivity index is 1.38. The highest BCUT2D eigenvalue weighted by Gasteiger charge is 2.25. The van der Waals surface area contributed by atoms with E-state index in [0.29, 0.717) is 24.5 Å². The Hall–Kier alpha value is -3.33. The van der Waals surface area contributed by atoms with Gasteiger partial charge in [0.1, 0.15) is 0 Å². The third-order valence-corrected chi connectivity index (χ3v) is 6.35. The van der Waals surface area contributed by atoms with E-state index in [2.05, 4.69) is 20.5 Å². The van der Waals surface area contributed by atoms with Gasteiger partial charge < -0.3 is 29.9 Å². The fourth-order valence-corrected chi connectivity index (χ4v) is 4.43. The summed E-state index contributed by atoms with van der Waals surface area (Å²) >= 11 is 0. The molecule has 1 aliphatic rings. The highest BCUT2D eigenvalue weighted by molar-refractivity contribution is 5.89. The van der Waals surface area contributed by atoms with E-state index in [1.807, 2.05) is 56.1 Å². The zero-order valence-electron chi connectivity index (χ0n) is 21.4. The second kappa shape index (κ2) is 12.4. The first-order chi connectivity index (χ1) is 16.8. The van der Waals surface area contributed by atoms with Crippen molar-refractivity contribution in [2.45, 2.75) is 39.2 Å². The number of nitrogens with one attached hydrogen (secondary N) is 2. The predicted molar refractivity (Wildman–Crippen MR) is 136 cm³/mol. The molecule has 2 heterocycles. The number of nitrogens with zero attached hydrogens (tertiary/aromatic N) is 3. The molecule has 1 fully saturated rings. The number of ether oxygens (including phenoxy) is 2. The van der Waals surface area contributed by atoms with Gasteiger partial charge >= 0.3 is 6.03 Å². The van der Waals surface area contributed by atoms with Crippen molar-refractivity contribution in [2.24, 2.45) is 0 Å². The SMILES string of the molecule is COc1ccc(CC(=O)N(C)C2CCN(CCNC(=O)Nc3cc(C)nc(C)c3)CC2)cc1OC. The number of likely N-dealkylation sites (tertiary alicyclic amines) is 1. The van der Waals surface area contributed by atoms with Crippen molar-refractivity contribution in [2.75, 3.05) is 52.8 Å². The lowest BCUT2D eigenvalue weighted by molar-refractivity contribution is -0.132. The fraction of sp³-hybridized carbons (Fsp3) is 0.500. The van der Waals surface area contributed by atoms with Crippen LogP contribution in [0.4, 0.5) is 10.5 Å². The standard InChI is InChI=1S/C26H37N5O4/c1-18-14-21(15-19(2)28-18)29-26(33)27-10-13-31-11-8-22(9-12-31)30(3)25(32)17-20-6-7-23(34-4)24(16-20)35-5/h6-7,14-16,22H,8-13,17H2,1-5H3,(H2,27,28,29,33). The Labute approximate surface area is 207 Å². The number of likely N-dealkylation sites (N-methyl/N-ethyl adjacent to an activating group) is 1. The molecule has 3 amide bonds. The van der Waals surface area contributed by atoms with E-state index in [1.165, 1.54) is 0 Å². The minimum Gasteiger partial charge on any atom is -0.493 e. The number of piperidine rings is 1. The monoisotopic (exact) mass is 483 g/mol. The van der Waals surface area contributed by atoms with Crippen LogP contribution in [0.3, 0.4) is 0 Å². The molecule has 1 aliphatic heterocycles. The first-order valence-corrected chi connectivity index (χ1v) is 12.0. The molecule has 0 saturated carbocycles. The molecular formula is C26H37N5O4. The third-order valence-electron chi connectivity index (χ3n) is 6.35. The van der Waals surface area contributed by atoms with Crippen molar-refractivity contribution in [3.05, 3.63) is 47.3 Å². The van der Waals surface area contributed by atoms with Crippen molar-refractivity contribution < 1.29 is 19.1 Å². The van der Waals surface area contributed by atoms with Gasteiger partial charge in [-0.15, -0.1) is 0 Å². The number of carbonyl (C=O) groups excluding carboxylic acids is 2. The number of benzene rings is 1. The van der Waals surface area contributed by atoms with Gasteiger partial charge in [0, 0.05) is 56.3 Å². The molecule has 0 aliphatic carbocycles. The summed E-state index contributed by atoms with van der Waals surface area (Å²) in [6.07, 6.45) is 2.15. The maximum Gasteiger partial charge on any atom is 0.319 e. The Kier molecular flexibility index (Phi) is 9.31. The van der Waals surface area contributed by atoms with Gasteiger partial charge in [-0.05, 0) is 56.5 Å². The van der Waals surface area contributed by atoms with E-state index in [0.717, 1.165) is 55.1 Å². The summed E-state index contributed by atoms with van der Waals surface area (Å²) in [6, 6.07) is 9.27. The van der Waals surface area contributed by atoms with Crippen LogP contribution in [0.1, 0.15) is 29.8 Å². The van der Waals surface area contributed by atoms with E-state index in [1.54, 1.807) is 14.2 Å². The van der Waals surface area contributed by atoms with E-state index in [4.69, 9.17) is 9.47 Å². The topological polar surface area (TPSA) is 96.0 Å². The van der Waals surface area contributed by atoms with Crippen molar-refractivity contribution in [3.63, 3.8) is 0 Å². The number of anilines is 1. The van der Waals surface area contributed by atoms with Gasteiger partial charge in [-0.2, -0.15) is 0 Å². The highest BCUT2D eigenvalue weighted by Crippen LogP contribution is 2.28. The molecule has 2 aromatic rings. The largest absolute Gasteiger partial charge is 0.493 e. The van der Waals surface area contributed by atoms with E-state index >= 15 is 0 Å². The Morgan fingerprint density at radius 3 is 2.34 bits per heavy atom. The normalized spacial score (nSPS) is 14.3. The number of hydrogen-bond acceptors (Lipinski definition) is 6. The summed E-state index contributed by atoms with van der Waals surface area (Å²) in [5.41, 5.74) is 3.39. The quantitative estimate of drug-likeness (QED) is 0.569. The van der Waals surface area contributed by atoms with Gasteiger partial charge in [0.25, 0.3) is 0 Å². The van der Waals surface area contributed by atoms with Crippen LogP contribution in [0.5, 0.6) is 11.5 Å². The number of urea groups is 1. The number of aryl methyl sites for hydroxylation is 2. The summed E-state index contributed by atoms with van der Waals surface area (Å²) < 4.78 is 10.6. The van der Waals surface area contributed by atoms with Gasteiger partial charge in [-0.25, -0.2) is 4.79 Å². The van der Waals surface area contributed by atoms with Crippen LogP contribution in [0, 0.1) is 13.8 Å². The lowest BCUT2D eigenvalue weighted by atomic mass is 10.0. The Morgan fingerprint density at radius 2 is 1.71 bits per heavy atom. The molecule has 9 nitrogen and oxygen atoms in total. The number of hydrogen-bond donors (Lipinski definition) is 2. The smallest absolute Gasteiger partial charge is 0.319 e. The molecular weight excluding hydrogens is 446 g/mol. The van der Waals surface area contributed by atoms with Crippen molar-refractivity contribution >= 4 is 17.6 Å².